The second kappa shape index (κ2) is 7.95. The van der Waals surface area contributed by atoms with Crippen molar-refractivity contribution in [3.63, 3.8) is 0 Å². The Morgan fingerprint density at radius 1 is 1.09 bits per heavy atom. The summed E-state index contributed by atoms with van der Waals surface area (Å²) in [5.74, 6) is -0.480. The average Bonchev–Trinajstić information content (AvgIpc) is 2.72. The van der Waals surface area contributed by atoms with Gasteiger partial charge in [0.2, 0.25) is 0 Å². The van der Waals surface area contributed by atoms with E-state index in [0.717, 1.165) is 6.07 Å². The van der Waals surface area contributed by atoms with Gasteiger partial charge in [-0.3, -0.25) is 0 Å². The summed E-state index contributed by atoms with van der Waals surface area (Å²) in [5.41, 5.74) is 3.94. The zero-order valence-electron chi connectivity index (χ0n) is 16.3. The Hall–Kier alpha value is -4.37. The third-order valence-electron chi connectivity index (χ3n) is 4.41. The molecule has 4 rings (SSSR count). The predicted molar refractivity (Wildman–Crippen MR) is 105 cm³/mol. The lowest BCUT2D eigenvalue weighted by Crippen LogP contribution is -2.41. The summed E-state index contributed by atoms with van der Waals surface area (Å²) in [5, 5.41) is 11.3. The van der Waals surface area contributed by atoms with Gasteiger partial charge in [0.05, 0.1) is 5.69 Å². The van der Waals surface area contributed by atoms with Crippen LogP contribution in [0.4, 0.5) is 28.0 Å². The first kappa shape index (κ1) is 21.8. The number of carbonyl (C=O) groups excluding carboxylic acids is 1. The number of primary amides is 1. The first-order valence-electron chi connectivity index (χ1n) is 9.11. The minimum Gasteiger partial charge on any atom is -0.457 e. The Morgan fingerprint density at radius 2 is 1.85 bits per heavy atom. The number of pyridine rings is 1. The van der Waals surface area contributed by atoms with E-state index in [0.29, 0.717) is 0 Å². The highest BCUT2D eigenvalue weighted by atomic mass is 19.3. The highest BCUT2D eigenvalue weighted by molar-refractivity contribution is 5.94. The maximum absolute atomic E-state index is 14.6. The van der Waals surface area contributed by atoms with Crippen LogP contribution in [-0.2, 0) is 10.8 Å². The van der Waals surface area contributed by atoms with Crippen molar-refractivity contribution in [3.8, 4) is 34.4 Å². The number of halogens is 4. The van der Waals surface area contributed by atoms with Crippen LogP contribution in [0.25, 0.3) is 11.1 Å². The smallest absolute Gasteiger partial charge is 0.457 e. The van der Waals surface area contributed by atoms with Crippen molar-refractivity contribution in [1.29, 1.82) is 5.26 Å². The molecular weight excluding hydrogens is 448 g/mol. The van der Waals surface area contributed by atoms with Crippen molar-refractivity contribution >= 4 is 11.7 Å². The molecule has 12 heteroatoms. The van der Waals surface area contributed by atoms with Gasteiger partial charge in [0, 0.05) is 17.8 Å². The number of benzene rings is 2. The van der Waals surface area contributed by atoms with E-state index in [4.69, 9.17) is 15.7 Å². The molecule has 0 saturated carbocycles. The number of ether oxygens (including phenoxy) is 3. The molecule has 2 heterocycles. The van der Waals surface area contributed by atoms with Crippen LogP contribution in [0.3, 0.4) is 0 Å². The highest BCUT2D eigenvalue weighted by Gasteiger charge is 2.55. The molecule has 2 aromatic carbocycles. The second-order valence-electron chi connectivity index (χ2n) is 6.65. The van der Waals surface area contributed by atoms with Crippen molar-refractivity contribution in [2.24, 2.45) is 5.73 Å². The number of aromatic nitrogens is 1. The van der Waals surface area contributed by atoms with Gasteiger partial charge in [0.15, 0.2) is 0 Å². The van der Waals surface area contributed by atoms with Gasteiger partial charge < -0.3 is 20.5 Å². The third-order valence-corrected chi connectivity index (χ3v) is 4.41. The lowest BCUT2D eigenvalue weighted by atomic mass is 9.96. The van der Waals surface area contributed by atoms with Crippen LogP contribution < -0.4 is 20.5 Å². The van der Waals surface area contributed by atoms with E-state index in [2.05, 4.69) is 19.8 Å². The van der Waals surface area contributed by atoms with E-state index in [9.17, 15) is 22.4 Å². The number of anilines is 1. The van der Waals surface area contributed by atoms with Gasteiger partial charge in [0.1, 0.15) is 34.6 Å². The molecule has 3 N–H and O–H groups in total. The molecule has 33 heavy (non-hydrogen) atoms. The fraction of sp³-hybridized carbons (Fsp3) is 0.0952. The fourth-order valence-corrected chi connectivity index (χ4v) is 3.21. The first-order chi connectivity index (χ1) is 15.6. The predicted octanol–water partition coefficient (Wildman–Crippen LogP) is 4.91. The Labute approximate surface area is 183 Å². The molecule has 1 aliphatic heterocycles. The number of hydrogen-bond donors (Lipinski definition) is 2. The number of nitrogens with two attached hydrogens (primary N) is 1. The number of alkyl halides is 4. The fourth-order valence-electron chi connectivity index (χ4n) is 3.21. The Morgan fingerprint density at radius 3 is 2.58 bits per heavy atom. The lowest BCUT2D eigenvalue weighted by molar-refractivity contribution is -0.461. The molecular formula is C21H12F4N4O4. The maximum Gasteiger partial charge on any atom is 0.540 e. The highest BCUT2D eigenvalue weighted by Crippen LogP contribution is 2.51. The molecule has 0 unspecified atom stereocenters. The van der Waals surface area contributed by atoms with Crippen molar-refractivity contribution in [2.45, 2.75) is 12.4 Å². The molecule has 1 aromatic heterocycles. The van der Waals surface area contributed by atoms with E-state index < -0.39 is 29.7 Å². The van der Waals surface area contributed by atoms with Crippen LogP contribution in [0.5, 0.6) is 17.2 Å². The first-order valence-corrected chi connectivity index (χ1v) is 9.11. The third kappa shape index (κ3) is 4.48. The number of nitrogens with one attached hydrogen (secondary N) is 1. The van der Waals surface area contributed by atoms with E-state index in [-0.39, 0.29) is 34.0 Å². The van der Waals surface area contributed by atoms with Crippen molar-refractivity contribution in [3.05, 3.63) is 66.0 Å². The van der Waals surface area contributed by atoms with Crippen LogP contribution >= 0.6 is 0 Å². The molecule has 0 radical (unpaired) electrons. The number of carbonyl (C=O) groups is 1. The SMILES string of the molecule is N#Cc1cc(Oc2ccc(NC(N)=O)c(-c3cccc4c3C(F)(F)OC(F)(F)O4)c2)ccn1. The number of amides is 2. The molecule has 0 bridgehead atoms. The molecule has 2 amide bonds. The van der Waals surface area contributed by atoms with Gasteiger partial charge >= 0.3 is 18.4 Å². The van der Waals surface area contributed by atoms with Crippen LogP contribution in [0, 0.1) is 11.3 Å². The van der Waals surface area contributed by atoms with Gasteiger partial charge in [-0.2, -0.15) is 14.0 Å². The van der Waals surface area contributed by atoms with Gasteiger partial charge in [0.25, 0.3) is 0 Å². The summed E-state index contributed by atoms with van der Waals surface area (Å²) >= 11 is 0. The Balaban J connectivity index is 1.85. The van der Waals surface area contributed by atoms with E-state index in [1.807, 2.05) is 6.07 Å². The number of fused-ring (bicyclic) bond motifs is 1. The number of rotatable bonds is 4. The summed E-state index contributed by atoms with van der Waals surface area (Å²) in [6.07, 6.45) is -7.64. The quantitative estimate of drug-likeness (QED) is 0.534. The summed E-state index contributed by atoms with van der Waals surface area (Å²) in [6.45, 7) is 0. The molecule has 8 nitrogen and oxygen atoms in total. The molecule has 0 saturated heterocycles. The normalized spacial score (nSPS) is 15.5. The maximum atomic E-state index is 14.6. The van der Waals surface area contributed by atoms with Gasteiger partial charge in [-0.15, -0.1) is 8.78 Å². The van der Waals surface area contributed by atoms with Gasteiger partial charge in [-0.25, -0.2) is 14.5 Å². The number of nitriles is 1. The van der Waals surface area contributed by atoms with E-state index in [1.165, 1.54) is 48.7 Å². The summed E-state index contributed by atoms with van der Waals surface area (Å²) in [6, 6.07) is 11.0. The van der Waals surface area contributed by atoms with Crippen molar-refractivity contribution in [2.75, 3.05) is 5.32 Å². The number of nitrogens with zero attached hydrogens (tertiary/aromatic N) is 2. The van der Waals surface area contributed by atoms with E-state index >= 15 is 0 Å². The zero-order chi connectivity index (χ0) is 23.8. The topological polar surface area (TPSA) is 119 Å². The average molecular weight is 460 g/mol. The van der Waals surface area contributed by atoms with Gasteiger partial charge in [-0.1, -0.05) is 12.1 Å². The van der Waals surface area contributed by atoms with Gasteiger partial charge in [-0.05, 0) is 35.9 Å². The summed E-state index contributed by atoms with van der Waals surface area (Å²) in [4.78, 5) is 15.3. The lowest BCUT2D eigenvalue weighted by Gasteiger charge is -2.32. The molecule has 168 valence electrons. The molecule has 0 aliphatic carbocycles. The second-order valence-corrected chi connectivity index (χ2v) is 6.65. The van der Waals surface area contributed by atoms with Crippen LogP contribution in [0.2, 0.25) is 0 Å². The zero-order valence-corrected chi connectivity index (χ0v) is 16.3. The van der Waals surface area contributed by atoms with Crippen LogP contribution in [0.1, 0.15) is 11.3 Å². The molecule has 1 aliphatic rings. The monoisotopic (exact) mass is 460 g/mol. The molecule has 0 atom stereocenters. The van der Waals surface area contributed by atoms with Crippen LogP contribution in [-0.4, -0.2) is 17.3 Å². The van der Waals surface area contributed by atoms with Crippen molar-refractivity contribution in [1.82, 2.24) is 4.98 Å². The number of hydrogen-bond acceptors (Lipinski definition) is 6. The minimum absolute atomic E-state index is 0.0103. The standard InChI is InChI=1S/C21H12F4N4O4/c22-20(23)18-14(2-1-3-17(18)32-21(24,25)33-20)15-9-12(4-5-16(15)29-19(27)30)31-13-6-7-28-11(8-13)10-26/h1-9H,(H3,27,29,30). The largest absolute Gasteiger partial charge is 0.540 e. The number of urea groups is 1. The molecule has 0 spiro atoms. The molecule has 3 aromatic rings. The summed E-state index contributed by atoms with van der Waals surface area (Å²) < 4.78 is 69.7. The Bertz CT molecular complexity index is 1290. The van der Waals surface area contributed by atoms with Crippen molar-refractivity contribution < 1.29 is 36.6 Å². The minimum atomic E-state index is -4.55. The Kier molecular flexibility index (Phi) is 5.27. The molecule has 0 fully saturated rings. The summed E-state index contributed by atoms with van der Waals surface area (Å²) in [7, 11) is 0. The van der Waals surface area contributed by atoms with E-state index in [1.54, 1.807) is 0 Å². The van der Waals surface area contributed by atoms with Crippen LogP contribution in [0.15, 0.2) is 54.7 Å².